The van der Waals surface area contributed by atoms with E-state index in [1.807, 2.05) is 11.8 Å². The summed E-state index contributed by atoms with van der Waals surface area (Å²) in [7, 11) is 0. The van der Waals surface area contributed by atoms with Crippen molar-refractivity contribution in [3.63, 3.8) is 0 Å². The van der Waals surface area contributed by atoms with Crippen LogP contribution < -0.4 is 5.32 Å². The molecule has 2 amide bonds. The highest BCUT2D eigenvalue weighted by atomic mass is 19.4. The lowest BCUT2D eigenvalue weighted by Gasteiger charge is -2.50. The number of aromatic nitrogens is 1. The van der Waals surface area contributed by atoms with E-state index in [4.69, 9.17) is 4.74 Å². The highest BCUT2D eigenvalue weighted by Gasteiger charge is 2.42. The zero-order chi connectivity index (χ0) is 27.0. The molecular formula is C27H42F3N3O3. The number of alkyl halides is 3. The molecule has 4 rings (SSSR count). The van der Waals surface area contributed by atoms with Gasteiger partial charge in [0.15, 0.2) is 0 Å². The quantitative estimate of drug-likeness (QED) is 0.572. The molecule has 0 aromatic carbocycles. The lowest BCUT2D eigenvalue weighted by molar-refractivity contribution is -0.142. The minimum atomic E-state index is -4.28. The minimum Gasteiger partial charge on any atom is -0.369 e. The summed E-state index contributed by atoms with van der Waals surface area (Å²) in [6.07, 6.45) is 4.44. The number of pyridine rings is 1. The van der Waals surface area contributed by atoms with Gasteiger partial charge in [0.25, 0.3) is 0 Å². The summed E-state index contributed by atoms with van der Waals surface area (Å²) in [5.74, 6) is 1.06. The van der Waals surface area contributed by atoms with E-state index in [1.165, 1.54) is 31.7 Å². The topological polar surface area (TPSA) is 71.5 Å². The Hall–Kier alpha value is -2.16. The number of halogens is 3. The van der Waals surface area contributed by atoms with Gasteiger partial charge in [0, 0.05) is 37.3 Å². The number of nitrogens with zero attached hydrogens (tertiary/aromatic N) is 2. The molecule has 9 heteroatoms. The molecular weight excluding hydrogens is 471 g/mol. The molecule has 3 heterocycles. The number of ether oxygens (including phenoxy) is 1. The Bertz CT molecular complexity index is 846. The Morgan fingerprint density at radius 1 is 1.22 bits per heavy atom. The standard InChI is InChI=1S/C12H23NO.C8H8F3N.C7H11NO2/c1-5-12(7-6-10(2)3)8-13(9-12)11(4)14;1-2-7-4-3-6(5-12-7)8(9,10)11;9-6-4-10-5-7(8-6)2-1-3-7/h10H,5-9H2,1-4H3;3-5H,2H2,1H3;1-5H2,(H,8,9). The number of hydrogen-bond acceptors (Lipinski definition) is 4. The Morgan fingerprint density at radius 3 is 2.25 bits per heavy atom. The number of rotatable bonds is 5. The summed E-state index contributed by atoms with van der Waals surface area (Å²) in [6.45, 7) is 13.3. The Labute approximate surface area is 213 Å². The Kier molecular flexibility index (Phi) is 10.8. The highest BCUT2D eigenvalue weighted by molar-refractivity contribution is 5.79. The molecule has 0 atom stereocenters. The monoisotopic (exact) mass is 513 g/mol. The molecule has 3 aliphatic rings. The number of likely N-dealkylation sites (tertiary alicyclic amines) is 1. The van der Waals surface area contributed by atoms with Crippen LogP contribution in [-0.2, 0) is 26.9 Å². The average molecular weight is 514 g/mol. The van der Waals surface area contributed by atoms with Crippen molar-refractivity contribution in [3.8, 4) is 0 Å². The maximum absolute atomic E-state index is 12.0. The van der Waals surface area contributed by atoms with Crippen molar-refractivity contribution in [2.45, 2.75) is 91.3 Å². The number of morpholine rings is 1. The van der Waals surface area contributed by atoms with Crippen molar-refractivity contribution in [1.29, 1.82) is 0 Å². The van der Waals surface area contributed by atoms with Crippen molar-refractivity contribution in [2.24, 2.45) is 11.3 Å². The van der Waals surface area contributed by atoms with E-state index in [2.05, 4.69) is 31.1 Å². The number of amides is 2. The largest absolute Gasteiger partial charge is 0.417 e. The van der Waals surface area contributed by atoms with Crippen molar-refractivity contribution in [1.82, 2.24) is 15.2 Å². The lowest BCUT2D eigenvalue weighted by Crippen LogP contribution is -2.60. The van der Waals surface area contributed by atoms with Crippen LogP contribution in [0.1, 0.15) is 84.4 Å². The summed E-state index contributed by atoms with van der Waals surface area (Å²) in [4.78, 5) is 27.5. The van der Waals surface area contributed by atoms with Gasteiger partial charge in [0.2, 0.25) is 11.8 Å². The van der Waals surface area contributed by atoms with Gasteiger partial charge in [0.1, 0.15) is 6.61 Å². The molecule has 6 nitrogen and oxygen atoms in total. The van der Waals surface area contributed by atoms with Crippen LogP contribution in [0.15, 0.2) is 18.3 Å². The van der Waals surface area contributed by atoms with E-state index in [0.717, 1.165) is 50.7 Å². The molecule has 1 spiro atoms. The normalized spacial score (nSPS) is 19.7. The van der Waals surface area contributed by atoms with Gasteiger partial charge in [-0.3, -0.25) is 14.6 Å². The molecule has 2 saturated heterocycles. The molecule has 0 radical (unpaired) electrons. The third-order valence-corrected chi connectivity index (χ3v) is 7.34. The van der Waals surface area contributed by atoms with Crippen molar-refractivity contribution >= 4 is 11.8 Å². The van der Waals surface area contributed by atoms with E-state index in [1.54, 1.807) is 6.92 Å². The van der Waals surface area contributed by atoms with Crippen LogP contribution in [0.2, 0.25) is 0 Å². The third kappa shape index (κ3) is 8.75. The zero-order valence-electron chi connectivity index (χ0n) is 22.3. The summed E-state index contributed by atoms with van der Waals surface area (Å²) < 4.78 is 41.1. The van der Waals surface area contributed by atoms with Gasteiger partial charge in [-0.1, -0.05) is 34.1 Å². The van der Waals surface area contributed by atoms with Gasteiger partial charge >= 0.3 is 6.18 Å². The molecule has 1 N–H and O–H groups in total. The fraction of sp³-hybridized carbons (Fsp3) is 0.741. The SMILES string of the molecule is CCC1(CCC(C)C)CN(C(C)=O)C1.CCc1ccc(C(F)(F)F)cn1.O=C1COCC2(CCC2)N1. The lowest BCUT2D eigenvalue weighted by atomic mass is 9.72. The number of carbonyl (C=O) groups excluding carboxylic acids is 2. The summed E-state index contributed by atoms with van der Waals surface area (Å²) in [5, 5.41) is 2.97. The van der Waals surface area contributed by atoms with Gasteiger partial charge in [-0.2, -0.15) is 13.2 Å². The zero-order valence-corrected chi connectivity index (χ0v) is 22.3. The molecule has 1 saturated carbocycles. The first-order valence-electron chi connectivity index (χ1n) is 13.0. The number of carbonyl (C=O) groups is 2. The van der Waals surface area contributed by atoms with Gasteiger partial charge in [-0.25, -0.2) is 0 Å². The van der Waals surface area contributed by atoms with E-state index in [-0.39, 0.29) is 24.0 Å². The van der Waals surface area contributed by atoms with Crippen molar-refractivity contribution in [2.75, 3.05) is 26.3 Å². The van der Waals surface area contributed by atoms with Crippen LogP contribution in [0.3, 0.4) is 0 Å². The van der Waals surface area contributed by atoms with Crippen molar-refractivity contribution < 1.29 is 27.5 Å². The van der Waals surface area contributed by atoms with Crippen molar-refractivity contribution in [3.05, 3.63) is 29.6 Å². The first-order chi connectivity index (χ1) is 16.8. The van der Waals surface area contributed by atoms with Gasteiger partial charge in [-0.05, 0) is 56.6 Å². The van der Waals surface area contributed by atoms with Gasteiger partial charge in [0.05, 0.1) is 17.7 Å². The van der Waals surface area contributed by atoms with Crippen LogP contribution in [0.4, 0.5) is 13.2 Å². The predicted molar refractivity (Wildman–Crippen MR) is 133 cm³/mol. The van der Waals surface area contributed by atoms with E-state index in [0.29, 0.717) is 17.5 Å². The first kappa shape index (κ1) is 30.1. The molecule has 1 aliphatic carbocycles. The molecule has 36 heavy (non-hydrogen) atoms. The first-order valence-corrected chi connectivity index (χ1v) is 13.0. The Morgan fingerprint density at radius 2 is 1.89 bits per heavy atom. The van der Waals surface area contributed by atoms with E-state index in [9.17, 15) is 22.8 Å². The second-order valence-corrected chi connectivity index (χ2v) is 10.7. The predicted octanol–water partition coefficient (Wildman–Crippen LogP) is 5.40. The van der Waals surface area contributed by atoms with Crippen LogP contribution in [0.5, 0.6) is 0 Å². The minimum absolute atomic E-state index is 0.0472. The molecule has 1 aromatic rings. The van der Waals surface area contributed by atoms with Crippen LogP contribution in [-0.4, -0.2) is 53.5 Å². The Balaban J connectivity index is 0.000000192. The fourth-order valence-corrected chi connectivity index (χ4v) is 4.52. The van der Waals surface area contributed by atoms with Gasteiger partial charge < -0.3 is 15.0 Å². The fourth-order valence-electron chi connectivity index (χ4n) is 4.52. The maximum Gasteiger partial charge on any atom is 0.417 e. The van der Waals surface area contributed by atoms with E-state index >= 15 is 0 Å². The van der Waals surface area contributed by atoms with Crippen LogP contribution >= 0.6 is 0 Å². The average Bonchev–Trinajstić information content (AvgIpc) is 2.77. The third-order valence-electron chi connectivity index (χ3n) is 7.34. The second-order valence-electron chi connectivity index (χ2n) is 10.7. The molecule has 3 fully saturated rings. The van der Waals surface area contributed by atoms with E-state index < -0.39 is 11.7 Å². The van der Waals surface area contributed by atoms with Crippen LogP contribution in [0, 0.1) is 11.3 Å². The molecule has 204 valence electrons. The molecule has 0 unspecified atom stereocenters. The second kappa shape index (κ2) is 12.9. The number of nitrogens with one attached hydrogen (secondary N) is 1. The molecule has 0 bridgehead atoms. The maximum atomic E-state index is 12.0. The number of aryl methyl sites for hydroxylation is 1. The summed E-state index contributed by atoms with van der Waals surface area (Å²) >= 11 is 0. The summed E-state index contributed by atoms with van der Waals surface area (Å²) in [6, 6.07) is 2.44. The van der Waals surface area contributed by atoms with Crippen LogP contribution in [0.25, 0.3) is 0 Å². The number of hydrogen-bond donors (Lipinski definition) is 1. The van der Waals surface area contributed by atoms with Gasteiger partial charge in [-0.15, -0.1) is 0 Å². The molecule has 2 aliphatic heterocycles. The highest BCUT2D eigenvalue weighted by Crippen LogP contribution is 2.39. The smallest absolute Gasteiger partial charge is 0.369 e. The summed E-state index contributed by atoms with van der Waals surface area (Å²) in [5.41, 5.74) is 0.480. The molecule has 1 aromatic heterocycles.